The maximum atomic E-state index is 12.4. The van der Waals surface area contributed by atoms with Crippen molar-refractivity contribution in [3.63, 3.8) is 0 Å². The Kier molecular flexibility index (Phi) is 5.33. The van der Waals surface area contributed by atoms with Crippen LogP contribution >= 0.6 is 11.3 Å². The monoisotopic (exact) mass is 423 g/mol. The van der Waals surface area contributed by atoms with E-state index in [4.69, 9.17) is 4.74 Å². The molecule has 0 aromatic carbocycles. The highest BCUT2D eigenvalue weighted by molar-refractivity contribution is 7.07. The summed E-state index contributed by atoms with van der Waals surface area (Å²) in [5.41, 5.74) is 3.37. The first-order valence-corrected chi connectivity index (χ1v) is 9.72. The van der Waals surface area contributed by atoms with Gasteiger partial charge < -0.3 is 10.1 Å². The van der Waals surface area contributed by atoms with Crippen LogP contribution in [-0.4, -0.2) is 44.5 Å². The van der Waals surface area contributed by atoms with Crippen LogP contribution in [0.1, 0.15) is 29.4 Å². The summed E-state index contributed by atoms with van der Waals surface area (Å²) >= 11 is 1.31. The molecule has 3 heterocycles. The van der Waals surface area contributed by atoms with E-state index in [2.05, 4.69) is 20.4 Å². The summed E-state index contributed by atoms with van der Waals surface area (Å²) in [7, 11) is 0. The van der Waals surface area contributed by atoms with Gasteiger partial charge in [-0.3, -0.25) is 14.5 Å². The number of carbonyl (C=O) groups is 1. The third-order valence-electron chi connectivity index (χ3n) is 4.48. The number of anilines is 1. The van der Waals surface area contributed by atoms with Crippen LogP contribution in [0.15, 0.2) is 41.5 Å². The second-order valence-corrected chi connectivity index (χ2v) is 7.31. The fraction of sp³-hybridized carbons (Fsp3) is 0.333. The first kappa shape index (κ1) is 19.5. The maximum absolute atomic E-state index is 12.4. The molecule has 1 fully saturated rings. The maximum Gasteiger partial charge on any atom is 0.411 e. The second-order valence-electron chi connectivity index (χ2n) is 6.59. The predicted molar refractivity (Wildman–Crippen MR) is 99.6 cm³/mol. The SMILES string of the molecule is O=C(Nc1cn(C2CC(OCC(F)(F)F)C2)nc1-c1ccccn1)c1cscn1. The molecule has 0 radical (unpaired) electrons. The second kappa shape index (κ2) is 7.91. The van der Waals surface area contributed by atoms with Crippen LogP contribution in [0.5, 0.6) is 0 Å². The van der Waals surface area contributed by atoms with E-state index in [-0.39, 0.29) is 11.9 Å². The van der Waals surface area contributed by atoms with Crippen molar-refractivity contribution in [2.75, 3.05) is 11.9 Å². The van der Waals surface area contributed by atoms with Crippen molar-refractivity contribution < 1.29 is 22.7 Å². The summed E-state index contributed by atoms with van der Waals surface area (Å²) in [4.78, 5) is 20.7. The number of hydrogen-bond acceptors (Lipinski definition) is 6. The number of carbonyl (C=O) groups excluding carboxylic acids is 1. The quantitative estimate of drug-likeness (QED) is 0.650. The fourth-order valence-corrected chi connectivity index (χ4v) is 3.51. The molecule has 0 spiro atoms. The summed E-state index contributed by atoms with van der Waals surface area (Å²) in [6.45, 7) is -1.25. The molecule has 0 saturated heterocycles. The van der Waals surface area contributed by atoms with Gasteiger partial charge in [0.15, 0.2) is 0 Å². The van der Waals surface area contributed by atoms with Crippen LogP contribution in [0.4, 0.5) is 18.9 Å². The van der Waals surface area contributed by atoms with Gasteiger partial charge in [-0.15, -0.1) is 11.3 Å². The number of thiazole rings is 1. The van der Waals surface area contributed by atoms with Crippen LogP contribution < -0.4 is 5.32 Å². The zero-order valence-corrected chi connectivity index (χ0v) is 15.8. The van der Waals surface area contributed by atoms with Crippen molar-refractivity contribution in [1.29, 1.82) is 0 Å². The summed E-state index contributed by atoms with van der Waals surface area (Å²) < 4.78 is 43.4. The number of aromatic nitrogens is 4. The lowest BCUT2D eigenvalue weighted by Crippen LogP contribution is -2.36. The average molecular weight is 423 g/mol. The normalized spacial score (nSPS) is 19.0. The molecule has 1 N–H and O–H groups in total. The van der Waals surface area contributed by atoms with Crippen LogP contribution in [0, 0.1) is 0 Å². The average Bonchev–Trinajstić information content (AvgIpc) is 3.30. The number of alkyl halides is 3. The van der Waals surface area contributed by atoms with E-state index in [1.165, 1.54) is 11.3 Å². The van der Waals surface area contributed by atoms with Crippen molar-refractivity contribution in [3.05, 3.63) is 47.2 Å². The van der Waals surface area contributed by atoms with Gasteiger partial charge in [-0.1, -0.05) is 6.07 Å². The van der Waals surface area contributed by atoms with E-state index < -0.39 is 18.9 Å². The zero-order valence-electron chi connectivity index (χ0n) is 15.0. The number of halogens is 3. The molecule has 0 bridgehead atoms. The van der Waals surface area contributed by atoms with Crippen LogP contribution in [-0.2, 0) is 4.74 Å². The lowest BCUT2D eigenvalue weighted by Gasteiger charge is -2.35. The Morgan fingerprint density at radius 3 is 2.79 bits per heavy atom. The Hall–Kier alpha value is -2.79. The molecular weight excluding hydrogens is 407 g/mol. The standard InChI is InChI=1S/C18H16F3N5O2S/c19-18(20,21)9-28-12-5-11(6-12)26-7-14(24-17(27)15-8-29-10-23-15)16(25-26)13-3-1-2-4-22-13/h1-4,7-8,10-12H,5-6,9H2,(H,24,27). The zero-order chi connectivity index (χ0) is 20.4. The first-order chi connectivity index (χ1) is 13.9. The Labute approximate surface area is 167 Å². The van der Waals surface area contributed by atoms with E-state index >= 15 is 0 Å². The molecule has 11 heteroatoms. The van der Waals surface area contributed by atoms with Gasteiger partial charge in [-0.2, -0.15) is 18.3 Å². The Bertz CT molecular complexity index is 969. The van der Waals surface area contributed by atoms with Gasteiger partial charge in [0.05, 0.1) is 29.0 Å². The molecule has 0 unspecified atom stereocenters. The molecule has 1 saturated carbocycles. The van der Waals surface area contributed by atoms with Gasteiger partial charge in [0.2, 0.25) is 0 Å². The van der Waals surface area contributed by atoms with Crippen molar-refractivity contribution in [3.8, 4) is 11.4 Å². The van der Waals surface area contributed by atoms with Gasteiger partial charge in [-0.25, -0.2) is 4.98 Å². The van der Waals surface area contributed by atoms with Gasteiger partial charge in [0, 0.05) is 17.8 Å². The lowest BCUT2D eigenvalue weighted by atomic mass is 9.89. The van der Waals surface area contributed by atoms with Crippen molar-refractivity contribution in [1.82, 2.24) is 19.7 Å². The summed E-state index contributed by atoms with van der Waals surface area (Å²) in [6, 6.07) is 5.22. The van der Waals surface area contributed by atoms with Gasteiger partial charge in [0.1, 0.15) is 18.0 Å². The molecule has 3 aromatic rings. The Morgan fingerprint density at radius 1 is 1.31 bits per heavy atom. The van der Waals surface area contributed by atoms with E-state index in [0.29, 0.717) is 35.6 Å². The number of amides is 1. The molecule has 4 rings (SSSR count). The molecule has 29 heavy (non-hydrogen) atoms. The van der Waals surface area contributed by atoms with E-state index in [0.717, 1.165) is 0 Å². The molecule has 1 aliphatic rings. The summed E-state index contributed by atoms with van der Waals surface area (Å²) in [6.07, 6.45) is -0.686. The number of rotatable bonds is 6. The molecule has 7 nitrogen and oxygen atoms in total. The highest BCUT2D eigenvalue weighted by Crippen LogP contribution is 2.37. The minimum atomic E-state index is -4.34. The Morgan fingerprint density at radius 2 is 2.14 bits per heavy atom. The minimum Gasteiger partial charge on any atom is -0.369 e. The van der Waals surface area contributed by atoms with Crippen LogP contribution in [0.2, 0.25) is 0 Å². The summed E-state index contributed by atoms with van der Waals surface area (Å²) in [5, 5.41) is 8.95. The van der Waals surface area contributed by atoms with E-state index in [1.54, 1.807) is 46.2 Å². The van der Waals surface area contributed by atoms with Crippen molar-refractivity contribution >= 4 is 22.9 Å². The van der Waals surface area contributed by atoms with Gasteiger partial charge >= 0.3 is 6.18 Å². The topological polar surface area (TPSA) is 81.9 Å². The molecule has 0 aliphatic heterocycles. The third kappa shape index (κ3) is 4.62. The number of hydrogen-bond donors (Lipinski definition) is 1. The number of nitrogens with zero attached hydrogens (tertiary/aromatic N) is 4. The molecule has 3 aromatic heterocycles. The first-order valence-electron chi connectivity index (χ1n) is 8.77. The number of ether oxygens (including phenoxy) is 1. The van der Waals surface area contributed by atoms with E-state index in [9.17, 15) is 18.0 Å². The number of pyridine rings is 1. The van der Waals surface area contributed by atoms with Gasteiger partial charge in [0.25, 0.3) is 5.91 Å². The van der Waals surface area contributed by atoms with Crippen molar-refractivity contribution in [2.24, 2.45) is 0 Å². The number of nitrogens with one attached hydrogen (secondary N) is 1. The molecule has 1 amide bonds. The highest BCUT2D eigenvalue weighted by atomic mass is 32.1. The fourth-order valence-electron chi connectivity index (χ4n) is 2.98. The third-order valence-corrected chi connectivity index (χ3v) is 5.07. The van der Waals surface area contributed by atoms with Crippen molar-refractivity contribution in [2.45, 2.75) is 31.2 Å². The van der Waals surface area contributed by atoms with E-state index in [1.807, 2.05) is 0 Å². The summed E-state index contributed by atoms with van der Waals surface area (Å²) in [5.74, 6) is -0.372. The molecule has 152 valence electrons. The Balaban J connectivity index is 1.51. The molecular formula is C18H16F3N5O2S. The smallest absolute Gasteiger partial charge is 0.369 e. The van der Waals surface area contributed by atoms with Crippen LogP contribution in [0.3, 0.4) is 0 Å². The lowest BCUT2D eigenvalue weighted by molar-refractivity contribution is -0.196. The minimum absolute atomic E-state index is 0.111. The largest absolute Gasteiger partial charge is 0.411 e. The van der Waals surface area contributed by atoms with Crippen LogP contribution in [0.25, 0.3) is 11.4 Å². The molecule has 0 atom stereocenters. The predicted octanol–water partition coefficient (Wildman–Crippen LogP) is 3.94. The highest BCUT2D eigenvalue weighted by Gasteiger charge is 2.36. The molecule has 1 aliphatic carbocycles. The van der Waals surface area contributed by atoms with Gasteiger partial charge in [-0.05, 0) is 25.0 Å².